The van der Waals surface area contributed by atoms with Crippen molar-refractivity contribution in [2.75, 3.05) is 7.05 Å². The first-order chi connectivity index (χ1) is 9.70. The van der Waals surface area contributed by atoms with Crippen molar-refractivity contribution in [3.05, 3.63) is 63.6 Å². The van der Waals surface area contributed by atoms with Gasteiger partial charge in [0.05, 0.1) is 11.7 Å². The number of nitrogens with zero attached hydrogens (tertiary/aromatic N) is 1. The molecule has 0 spiro atoms. The van der Waals surface area contributed by atoms with E-state index in [0.717, 1.165) is 10.7 Å². The molecule has 0 saturated carbocycles. The number of hydrogen-bond acceptors (Lipinski definition) is 3. The van der Waals surface area contributed by atoms with E-state index in [1.54, 1.807) is 11.3 Å². The largest absolute Gasteiger partial charge is 0.307 e. The number of aryl methyl sites for hydroxylation is 2. The number of aromatic nitrogens is 1. The summed E-state index contributed by atoms with van der Waals surface area (Å²) < 4.78 is 0. The Morgan fingerprint density at radius 3 is 2.50 bits per heavy atom. The molecule has 3 rings (SSSR count). The molecule has 0 bridgehead atoms. The van der Waals surface area contributed by atoms with E-state index in [1.807, 2.05) is 7.05 Å². The van der Waals surface area contributed by atoms with Crippen molar-refractivity contribution >= 4 is 22.1 Å². The van der Waals surface area contributed by atoms with E-state index in [4.69, 9.17) is 4.98 Å². The number of benzene rings is 2. The van der Waals surface area contributed by atoms with Gasteiger partial charge in [0.25, 0.3) is 0 Å². The van der Waals surface area contributed by atoms with Gasteiger partial charge in [0.1, 0.15) is 5.01 Å². The number of thiazole rings is 1. The summed E-state index contributed by atoms with van der Waals surface area (Å²) in [7, 11) is 2.00. The minimum Gasteiger partial charge on any atom is -0.307 e. The predicted molar refractivity (Wildman–Crippen MR) is 86.4 cm³/mol. The third kappa shape index (κ3) is 2.23. The molecule has 2 aromatic carbocycles. The maximum Gasteiger partial charge on any atom is 0.115 e. The highest BCUT2D eigenvalue weighted by Crippen LogP contribution is 2.31. The van der Waals surface area contributed by atoms with Crippen LogP contribution in [-0.2, 0) is 0 Å². The summed E-state index contributed by atoms with van der Waals surface area (Å²) in [5.74, 6) is 0. The lowest BCUT2D eigenvalue weighted by molar-refractivity contribution is 0.690. The van der Waals surface area contributed by atoms with Gasteiger partial charge in [-0.3, -0.25) is 0 Å². The zero-order valence-electron chi connectivity index (χ0n) is 12.0. The summed E-state index contributed by atoms with van der Waals surface area (Å²) in [6, 6.07) is 15.1. The third-order valence-electron chi connectivity index (χ3n) is 3.72. The zero-order valence-corrected chi connectivity index (χ0v) is 12.8. The van der Waals surface area contributed by atoms with Crippen LogP contribution in [0.4, 0.5) is 0 Å². The Balaban J connectivity index is 2.16. The first-order valence-electron chi connectivity index (χ1n) is 6.79. The van der Waals surface area contributed by atoms with Gasteiger partial charge in [-0.2, -0.15) is 0 Å². The van der Waals surface area contributed by atoms with Crippen LogP contribution in [0.15, 0.2) is 42.5 Å². The van der Waals surface area contributed by atoms with E-state index in [1.165, 1.54) is 21.2 Å². The van der Waals surface area contributed by atoms with E-state index in [-0.39, 0.29) is 6.04 Å². The van der Waals surface area contributed by atoms with E-state index in [0.29, 0.717) is 0 Å². The van der Waals surface area contributed by atoms with Gasteiger partial charge >= 0.3 is 0 Å². The van der Waals surface area contributed by atoms with E-state index in [9.17, 15) is 0 Å². The van der Waals surface area contributed by atoms with Crippen LogP contribution < -0.4 is 5.32 Å². The summed E-state index contributed by atoms with van der Waals surface area (Å²) in [4.78, 5) is 6.01. The van der Waals surface area contributed by atoms with Crippen LogP contribution in [0.5, 0.6) is 0 Å². The summed E-state index contributed by atoms with van der Waals surface area (Å²) in [6.45, 7) is 4.21. The second kappa shape index (κ2) is 5.35. The van der Waals surface area contributed by atoms with Crippen molar-refractivity contribution in [3.63, 3.8) is 0 Å². The van der Waals surface area contributed by atoms with Crippen molar-refractivity contribution in [1.29, 1.82) is 0 Å². The van der Waals surface area contributed by atoms with Gasteiger partial charge in [-0.15, -0.1) is 11.3 Å². The molecule has 0 saturated heterocycles. The van der Waals surface area contributed by atoms with Crippen molar-refractivity contribution in [2.24, 2.45) is 0 Å². The normalized spacial score (nSPS) is 12.8. The highest BCUT2D eigenvalue weighted by atomic mass is 32.1. The van der Waals surface area contributed by atoms with E-state index in [2.05, 4.69) is 61.6 Å². The Morgan fingerprint density at radius 1 is 1.05 bits per heavy atom. The fraction of sp³-hybridized carbons (Fsp3) is 0.235. The second-order valence-corrected chi connectivity index (χ2v) is 6.22. The summed E-state index contributed by atoms with van der Waals surface area (Å²) in [6.07, 6.45) is 0. The fourth-order valence-electron chi connectivity index (χ4n) is 2.54. The molecule has 0 radical (unpaired) electrons. The summed E-state index contributed by atoms with van der Waals surface area (Å²) in [5, 5.41) is 7.12. The number of fused-ring (bicyclic) bond motifs is 1. The summed E-state index contributed by atoms with van der Waals surface area (Å²) >= 11 is 1.78. The molecule has 1 aromatic heterocycles. The smallest absolute Gasteiger partial charge is 0.115 e. The minimum absolute atomic E-state index is 0.151. The fourth-order valence-corrected chi connectivity index (χ4v) is 3.59. The van der Waals surface area contributed by atoms with Crippen LogP contribution in [0.3, 0.4) is 0 Å². The molecular formula is C17H18N2S. The average molecular weight is 282 g/mol. The molecule has 1 atom stereocenters. The van der Waals surface area contributed by atoms with Gasteiger partial charge < -0.3 is 5.32 Å². The Morgan fingerprint density at radius 2 is 1.80 bits per heavy atom. The number of nitrogens with one attached hydrogen (secondary N) is 1. The Labute approximate surface area is 123 Å². The molecule has 1 N–H and O–H groups in total. The van der Waals surface area contributed by atoms with Crippen molar-refractivity contribution in [1.82, 2.24) is 10.3 Å². The maximum absolute atomic E-state index is 4.72. The first-order valence-corrected chi connectivity index (χ1v) is 7.61. The van der Waals surface area contributed by atoms with Crippen LogP contribution in [0.25, 0.3) is 10.8 Å². The molecule has 20 heavy (non-hydrogen) atoms. The van der Waals surface area contributed by atoms with Crippen LogP contribution in [0.1, 0.15) is 27.2 Å². The molecule has 1 unspecified atom stereocenters. The van der Waals surface area contributed by atoms with Gasteiger partial charge in [0, 0.05) is 4.88 Å². The van der Waals surface area contributed by atoms with Gasteiger partial charge in [-0.25, -0.2) is 4.98 Å². The second-order valence-electron chi connectivity index (χ2n) is 4.98. The highest BCUT2D eigenvalue weighted by Gasteiger charge is 2.18. The third-order valence-corrected chi connectivity index (χ3v) is 4.85. The molecule has 3 heteroatoms. The molecule has 0 aliphatic heterocycles. The summed E-state index contributed by atoms with van der Waals surface area (Å²) in [5.41, 5.74) is 2.42. The zero-order chi connectivity index (χ0) is 14.1. The molecule has 0 amide bonds. The minimum atomic E-state index is 0.151. The predicted octanol–water partition coefficient (Wildman–Crippen LogP) is 4.22. The van der Waals surface area contributed by atoms with E-state index >= 15 is 0 Å². The average Bonchev–Trinajstić information content (AvgIpc) is 2.79. The van der Waals surface area contributed by atoms with Crippen molar-refractivity contribution in [3.8, 4) is 0 Å². The SMILES string of the molecule is CNC(c1nc(C)c(C)s1)c1cccc2ccccc12. The van der Waals surface area contributed by atoms with E-state index < -0.39 is 0 Å². The standard InChI is InChI=1S/C17H18N2S/c1-11-12(2)20-17(19-11)16(18-3)15-10-6-8-13-7-4-5-9-14(13)15/h4-10,16,18H,1-3H3. The van der Waals surface area contributed by atoms with Crippen molar-refractivity contribution in [2.45, 2.75) is 19.9 Å². The topological polar surface area (TPSA) is 24.9 Å². The van der Waals surface area contributed by atoms with Crippen molar-refractivity contribution < 1.29 is 0 Å². The maximum atomic E-state index is 4.72. The quantitative estimate of drug-likeness (QED) is 0.778. The molecular weight excluding hydrogens is 264 g/mol. The number of hydrogen-bond donors (Lipinski definition) is 1. The van der Waals surface area contributed by atoms with Crippen LogP contribution in [0, 0.1) is 13.8 Å². The first kappa shape index (κ1) is 13.3. The lowest BCUT2D eigenvalue weighted by Gasteiger charge is -2.16. The Kier molecular flexibility index (Phi) is 3.55. The molecule has 3 aromatic rings. The molecule has 102 valence electrons. The van der Waals surface area contributed by atoms with Crippen LogP contribution in [0.2, 0.25) is 0 Å². The Hall–Kier alpha value is -1.71. The lowest BCUT2D eigenvalue weighted by atomic mass is 9.99. The highest BCUT2D eigenvalue weighted by molar-refractivity contribution is 7.11. The molecule has 0 aliphatic carbocycles. The Bertz CT molecular complexity index is 721. The molecule has 0 aliphatic rings. The van der Waals surface area contributed by atoms with Crippen LogP contribution in [-0.4, -0.2) is 12.0 Å². The van der Waals surface area contributed by atoms with Crippen LogP contribution >= 0.6 is 11.3 Å². The monoisotopic (exact) mass is 282 g/mol. The lowest BCUT2D eigenvalue weighted by Crippen LogP contribution is -2.17. The van der Waals surface area contributed by atoms with Gasteiger partial charge in [-0.1, -0.05) is 42.5 Å². The van der Waals surface area contributed by atoms with Gasteiger partial charge in [0.2, 0.25) is 0 Å². The number of rotatable bonds is 3. The molecule has 1 heterocycles. The van der Waals surface area contributed by atoms with Gasteiger partial charge in [-0.05, 0) is 37.2 Å². The molecule has 2 nitrogen and oxygen atoms in total. The molecule has 0 fully saturated rings. The van der Waals surface area contributed by atoms with Gasteiger partial charge in [0.15, 0.2) is 0 Å².